The van der Waals surface area contributed by atoms with E-state index >= 15 is 0 Å². The summed E-state index contributed by atoms with van der Waals surface area (Å²) in [6.45, 7) is 0.529. The fourth-order valence-corrected chi connectivity index (χ4v) is 1.85. The standard InChI is InChI=1S/C13H13N5O2/c1-17-9-11(8-16-17)4-5-15-12-6-10(7-14)2-3-13(12)18(19)20/h2-3,6,8-9,15H,4-5H2,1H3. The molecule has 2 aromatic rings. The molecule has 0 atom stereocenters. The maximum absolute atomic E-state index is 10.9. The van der Waals surface area contributed by atoms with E-state index in [0.717, 1.165) is 5.56 Å². The lowest BCUT2D eigenvalue weighted by Gasteiger charge is -2.06. The molecular formula is C13H13N5O2. The summed E-state index contributed by atoms with van der Waals surface area (Å²) in [6, 6.07) is 6.23. The Balaban J connectivity index is 2.07. The lowest BCUT2D eigenvalue weighted by molar-refractivity contribution is -0.384. The summed E-state index contributed by atoms with van der Waals surface area (Å²) >= 11 is 0. The molecule has 1 N–H and O–H groups in total. The highest BCUT2D eigenvalue weighted by atomic mass is 16.6. The fraction of sp³-hybridized carbons (Fsp3) is 0.231. The van der Waals surface area contributed by atoms with E-state index in [1.54, 1.807) is 10.9 Å². The van der Waals surface area contributed by atoms with Crippen LogP contribution in [0.1, 0.15) is 11.1 Å². The van der Waals surface area contributed by atoms with Crippen LogP contribution in [-0.2, 0) is 13.5 Å². The molecule has 0 aliphatic rings. The van der Waals surface area contributed by atoms with Crippen LogP contribution >= 0.6 is 0 Å². The first-order chi connectivity index (χ1) is 9.60. The number of hydrogen-bond acceptors (Lipinski definition) is 5. The van der Waals surface area contributed by atoms with Gasteiger partial charge in [-0.1, -0.05) is 0 Å². The lowest BCUT2D eigenvalue weighted by Crippen LogP contribution is -2.07. The van der Waals surface area contributed by atoms with E-state index in [1.807, 2.05) is 19.3 Å². The Bertz CT molecular complexity index is 672. The van der Waals surface area contributed by atoms with Gasteiger partial charge in [0.05, 0.1) is 22.8 Å². The Labute approximate surface area is 115 Å². The number of aromatic nitrogens is 2. The molecule has 0 aliphatic heterocycles. The van der Waals surface area contributed by atoms with Crippen molar-refractivity contribution in [2.24, 2.45) is 7.05 Å². The normalized spacial score (nSPS) is 10.0. The smallest absolute Gasteiger partial charge is 0.292 e. The summed E-state index contributed by atoms with van der Waals surface area (Å²) in [6.07, 6.45) is 4.34. The van der Waals surface area contributed by atoms with E-state index in [1.165, 1.54) is 18.2 Å². The third-order valence-corrected chi connectivity index (χ3v) is 2.81. The van der Waals surface area contributed by atoms with Crippen molar-refractivity contribution in [2.45, 2.75) is 6.42 Å². The van der Waals surface area contributed by atoms with Crippen LogP contribution in [0.3, 0.4) is 0 Å². The number of hydrogen-bond donors (Lipinski definition) is 1. The van der Waals surface area contributed by atoms with Crippen LogP contribution in [0.5, 0.6) is 0 Å². The van der Waals surface area contributed by atoms with E-state index in [0.29, 0.717) is 24.2 Å². The molecule has 0 radical (unpaired) electrons. The Morgan fingerprint density at radius 3 is 2.95 bits per heavy atom. The van der Waals surface area contributed by atoms with Gasteiger partial charge in [0.2, 0.25) is 0 Å². The first-order valence-electron chi connectivity index (χ1n) is 6.00. The minimum Gasteiger partial charge on any atom is -0.379 e. The van der Waals surface area contributed by atoms with Gasteiger partial charge < -0.3 is 5.32 Å². The Kier molecular flexibility index (Phi) is 3.96. The van der Waals surface area contributed by atoms with Crippen molar-refractivity contribution in [3.63, 3.8) is 0 Å². The van der Waals surface area contributed by atoms with Gasteiger partial charge in [0.15, 0.2) is 0 Å². The molecule has 1 heterocycles. The maximum Gasteiger partial charge on any atom is 0.292 e. The minimum atomic E-state index is -0.465. The molecule has 0 fully saturated rings. The largest absolute Gasteiger partial charge is 0.379 e. The van der Waals surface area contributed by atoms with Crippen LogP contribution in [-0.4, -0.2) is 21.2 Å². The molecule has 1 aromatic heterocycles. The van der Waals surface area contributed by atoms with Crippen molar-refractivity contribution in [3.8, 4) is 6.07 Å². The minimum absolute atomic E-state index is 0.0322. The van der Waals surface area contributed by atoms with Gasteiger partial charge in [-0.3, -0.25) is 14.8 Å². The highest BCUT2D eigenvalue weighted by Gasteiger charge is 2.13. The fourth-order valence-electron chi connectivity index (χ4n) is 1.85. The van der Waals surface area contributed by atoms with Gasteiger partial charge in [0.1, 0.15) is 5.69 Å². The number of aryl methyl sites for hydroxylation is 1. The van der Waals surface area contributed by atoms with Gasteiger partial charge in [0.25, 0.3) is 5.69 Å². The monoisotopic (exact) mass is 271 g/mol. The summed E-state index contributed by atoms with van der Waals surface area (Å²) < 4.78 is 1.70. The number of nitriles is 1. The first kappa shape index (κ1) is 13.5. The predicted octanol–water partition coefficient (Wildman–Crippen LogP) is 1.85. The highest BCUT2D eigenvalue weighted by molar-refractivity contribution is 5.64. The van der Waals surface area contributed by atoms with Crippen LogP contribution in [0, 0.1) is 21.4 Å². The highest BCUT2D eigenvalue weighted by Crippen LogP contribution is 2.25. The SMILES string of the molecule is Cn1cc(CCNc2cc(C#N)ccc2[N+](=O)[O-])cn1. The quantitative estimate of drug-likeness (QED) is 0.661. The van der Waals surface area contributed by atoms with Gasteiger partial charge in [0, 0.05) is 25.9 Å². The number of nitrogens with zero attached hydrogens (tertiary/aromatic N) is 4. The number of anilines is 1. The number of nitro benzene ring substituents is 1. The summed E-state index contributed by atoms with van der Waals surface area (Å²) in [5.74, 6) is 0. The maximum atomic E-state index is 10.9. The molecular weight excluding hydrogens is 258 g/mol. The third-order valence-electron chi connectivity index (χ3n) is 2.81. The van der Waals surface area contributed by atoms with E-state index in [2.05, 4.69) is 10.4 Å². The molecule has 0 saturated carbocycles. The molecule has 20 heavy (non-hydrogen) atoms. The molecule has 0 aliphatic carbocycles. The molecule has 7 nitrogen and oxygen atoms in total. The number of nitrogens with one attached hydrogen (secondary N) is 1. The van der Waals surface area contributed by atoms with Crippen molar-refractivity contribution in [1.82, 2.24) is 9.78 Å². The second kappa shape index (κ2) is 5.84. The molecule has 2 rings (SSSR count). The van der Waals surface area contributed by atoms with Gasteiger partial charge in [-0.05, 0) is 24.1 Å². The van der Waals surface area contributed by atoms with Crippen LogP contribution < -0.4 is 5.32 Å². The van der Waals surface area contributed by atoms with Crippen LogP contribution in [0.25, 0.3) is 0 Å². The summed E-state index contributed by atoms with van der Waals surface area (Å²) in [5, 5.41) is 26.8. The topological polar surface area (TPSA) is 96.8 Å². The molecule has 0 bridgehead atoms. The van der Waals surface area contributed by atoms with Gasteiger partial charge in [-0.25, -0.2) is 0 Å². The lowest BCUT2D eigenvalue weighted by atomic mass is 10.2. The summed E-state index contributed by atoms with van der Waals surface area (Å²) in [5.41, 5.74) is 1.76. The van der Waals surface area contributed by atoms with E-state index in [4.69, 9.17) is 5.26 Å². The number of benzene rings is 1. The van der Waals surface area contributed by atoms with Crippen LogP contribution in [0.4, 0.5) is 11.4 Å². The first-order valence-corrected chi connectivity index (χ1v) is 6.00. The second-order valence-corrected chi connectivity index (χ2v) is 4.30. The Morgan fingerprint density at radius 2 is 2.35 bits per heavy atom. The predicted molar refractivity (Wildman–Crippen MR) is 73.2 cm³/mol. The van der Waals surface area contributed by atoms with E-state index in [9.17, 15) is 10.1 Å². The molecule has 1 aromatic carbocycles. The molecule has 0 unspecified atom stereocenters. The summed E-state index contributed by atoms with van der Waals surface area (Å²) in [7, 11) is 1.83. The zero-order valence-electron chi connectivity index (χ0n) is 10.9. The molecule has 0 amide bonds. The molecule has 0 spiro atoms. The van der Waals surface area contributed by atoms with E-state index in [-0.39, 0.29) is 5.69 Å². The van der Waals surface area contributed by atoms with Crippen molar-refractivity contribution >= 4 is 11.4 Å². The zero-order valence-corrected chi connectivity index (χ0v) is 10.9. The molecule has 7 heteroatoms. The van der Waals surface area contributed by atoms with Crippen molar-refractivity contribution < 1.29 is 4.92 Å². The third kappa shape index (κ3) is 3.11. The van der Waals surface area contributed by atoms with Gasteiger partial charge in [-0.15, -0.1) is 0 Å². The number of rotatable bonds is 5. The number of nitro groups is 1. The van der Waals surface area contributed by atoms with E-state index < -0.39 is 4.92 Å². The Morgan fingerprint density at radius 1 is 1.55 bits per heavy atom. The molecule has 102 valence electrons. The average molecular weight is 271 g/mol. The average Bonchev–Trinajstić information content (AvgIpc) is 2.84. The van der Waals surface area contributed by atoms with Gasteiger partial charge >= 0.3 is 0 Å². The summed E-state index contributed by atoms with van der Waals surface area (Å²) in [4.78, 5) is 10.5. The zero-order chi connectivity index (χ0) is 14.5. The van der Waals surface area contributed by atoms with Crippen LogP contribution in [0.2, 0.25) is 0 Å². The van der Waals surface area contributed by atoms with Crippen molar-refractivity contribution in [2.75, 3.05) is 11.9 Å². The molecule has 0 saturated heterocycles. The van der Waals surface area contributed by atoms with Gasteiger partial charge in [-0.2, -0.15) is 10.4 Å². The van der Waals surface area contributed by atoms with Crippen molar-refractivity contribution in [3.05, 3.63) is 51.8 Å². The second-order valence-electron chi connectivity index (χ2n) is 4.30. The van der Waals surface area contributed by atoms with Crippen molar-refractivity contribution in [1.29, 1.82) is 5.26 Å². The van der Waals surface area contributed by atoms with Crippen LogP contribution in [0.15, 0.2) is 30.6 Å². The Hall–Kier alpha value is -2.88.